The van der Waals surface area contributed by atoms with Crippen molar-refractivity contribution >= 4 is 29.3 Å². The lowest BCUT2D eigenvalue weighted by Gasteiger charge is -2.19. The number of nitriles is 1. The fraction of sp³-hybridized carbons (Fsp3) is 0.167. The number of esters is 1. The fourth-order valence-electron chi connectivity index (χ4n) is 2.08. The van der Waals surface area contributed by atoms with Gasteiger partial charge in [-0.15, -0.1) is 0 Å². The zero-order valence-corrected chi connectivity index (χ0v) is 14.6. The van der Waals surface area contributed by atoms with Gasteiger partial charge in [0.1, 0.15) is 6.54 Å². The molecule has 0 radical (unpaired) electrons. The molecule has 5 nitrogen and oxygen atoms in total. The number of anilines is 1. The first-order valence-corrected chi connectivity index (χ1v) is 8.37. The molecule has 0 heterocycles. The normalized spacial score (nSPS) is 10.7. The molecule has 0 aromatic heterocycles. The lowest BCUT2D eigenvalue weighted by atomic mass is 10.2. The Labute approximate surface area is 157 Å². The lowest BCUT2D eigenvalue weighted by molar-refractivity contribution is -0.121. The second-order valence-electron chi connectivity index (χ2n) is 5.12. The van der Waals surface area contributed by atoms with Gasteiger partial charge in [-0.05, 0) is 48.2 Å². The fourth-order valence-corrected chi connectivity index (χ4v) is 2.62. The molecule has 0 aliphatic rings. The van der Waals surface area contributed by atoms with Gasteiger partial charge in [-0.25, -0.2) is 4.79 Å². The van der Waals surface area contributed by atoms with Gasteiger partial charge in [0.2, 0.25) is 0 Å². The van der Waals surface area contributed by atoms with Crippen molar-refractivity contribution in [3.8, 4) is 6.07 Å². The number of carbonyl (C=O) groups is 2. The first-order valence-electron chi connectivity index (χ1n) is 7.55. The third kappa shape index (κ3) is 6.34. The minimum Gasteiger partial charge on any atom is -0.452 e. The second-order valence-corrected chi connectivity index (χ2v) is 6.26. The van der Waals surface area contributed by atoms with Gasteiger partial charge in [0.25, 0.3) is 5.91 Å². The number of nitrogens with zero attached hydrogens (tertiary/aromatic N) is 2. The zero-order valence-electron chi connectivity index (χ0n) is 13.8. The summed E-state index contributed by atoms with van der Waals surface area (Å²) in [6.07, 6.45) is 0. The number of thioether (sulfide) groups is 1. The van der Waals surface area contributed by atoms with E-state index in [4.69, 9.17) is 10.00 Å². The van der Waals surface area contributed by atoms with E-state index < -0.39 is 24.0 Å². The van der Waals surface area contributed by atoms with Crippen molar-refractivity contribution in [2.24, 2.45) is 0 Å². The van der Waals surface area contributed by atoms with Crippen molar-refractivity contribution in [3.05, 3.63) is 60.2 Å². The summed E-state index contributed by atoms with van der Waals surface area (Å²) in [4.78, 5) is 25.3. The van der Waals surface area contributed by atoms with E-state index in [1.165, 1.54) is 12.1 Å². The van der Waals surface area contributed by atoms with Crippen LogP contribution in [0.2, 0.25) is 0 Å². The molecule has 9 heteroatoms. The second kappa shape index (κ2) is 9.09. The highest BCUT2D eigenvalue weighted by Crippen LogP contribution is 2.36. The van der Waals surface area contributed by atoms with Gasteiger partial charge >= 0.3 is 11.5 Å². The Morgan fingerprint density at radius 1 is 1.07 bits per heavy atom. The molecule has 27 heavy (non-hydrogen) atoms. The van der Waals surface area contributed by atoms with Crippen LogP contribution in [0.3, 0.4) is 0 Å². The van der Waals surface area contributed by atoms with Gasteiger partial charge in [-0.3, -0.25) is 9.69 Å². The number of alkyl halides is 3. The summed E-state index contributed by atoms with van der Waals surface area (Å²) >= 11 is -0.297. The standard InChI is InChI=1S/C18H13F3N2O3S/c19-18(20,21)27-15-8-6-13(7-9-15)17(25)26-12-16(24)23(11-10-22)14-4-2-1-3-5-14/h1-9H,11-12H2. The predicted molar refractivity (Wildman–Crippen MR) is 93.0 cm³/mol. The molecular formula is C18H13F3N2O3S. The smallest absolute Gasteiger partial charge is 0.446 e. The van der Waals surface area contributed by atoms with Crippen LogP contribution >= 0.6 is 11.8 Å². The molecule has 0 atom stereocenters. The van der Waals surface area contributed by atoms with Crippen LogP contribution in [-0.4, -0.2) is 30.5 Å². The summed E-state index contributed by atoms with van der Waals surface area (Å²) in [6, 6.07) is 14.9. The molecule has 0 bridgehead atoms. The highest BCUT2D eigenvalue weighted by molar-refractivity contribution is 8.00. The number of amides is 1. The van der Waals surface area contributed by atoms with Gasteiger partial charge in [0.15, 0.2) is 6.61 Å². The zero-order chi connectivity index (χ0) is 19.9. The molecule has 0 fully saturated rings. The lowest BCUT2D eigenvalue weighted by Crippen LogP contribution is -2.35. The maximum atomic E-state index is 12.3. The van der Waals surface area contributed by atoms with Gasteiger partial charge in [0, 0.05) is 10.6 Å². The molecule has 140 valence electrons. The number of carbonyl (C=O) groups excluding carboxylic acids is 2. The van der Waals surface area contributed by atoms with E-state index in [9.17, 15) is 22.8 Å². The van der Waals surface area contributed by atoms with E-state index in [-0.39, 0.29) is 28.8 Å². The van der Waals surface area contributed by atoms with E-state index in [1.807, 2.05) is 6.07 Å². The number of hydrogen-bond acceptors (Lipinski definition) is 5. The quantitative estimate of drug-likeness (QED) is 0.421. The highest BCUT2D eigenvalue weighted by Gasteiger charge is 2.29. The Morgan fingerprint density at radius 2 is 1.70 bits per heavy atom. The summed E-state index contributed by atoms with van der Waals surface area (Å²) < 4.78 is 41.8. The molecule has 2 rings (SSSR count). The number of para-hydroxylation sites is 1. The SMILES string of the molecule is N#CCN(C(=O)COC(=O)c1ccc(SC(F)(F)F)cc1)c1ccccc1. The number of rotatable bonds is 6. The molecule has 2 aromatic carbocycles. The molecule has 0 unspecified atom stereocenters. The first-order chi connectivity index (χ1) is 12.8. The average Bonchev–Trinajstić information content (AvgIpc) is 2.64. The molecule has 0 saturated heterocycles. The summed E-state index contributed by atoms with van der Waals surface area (Å²) in [7, 11) is 0. The Bertz CT molecular complexity index is 834. The third-order valence-corrected chi connectivity index (χ3v) is 3.99. The summed E-state index contributed by atoms with van der Waals surface area (Å²) in [5.74, 6) is -1.45. The van der Waals surface area contributed by atoms with E-state index in [1.54, 1.807) is 30.3 Å². The number of ether oxygens (including phenoxy) is 1. The van der Waals surface area contributed by atoms with Crippen LogP contribution in [0.4, 0.5) is 18.9 Å². The van der Waals surface area contributed by atoms with Gasteiger partial charge in [0.05, 0.1) is 11.6 Å². The van der Waals surface area contributed by atoms with Crippen molar-refractivity contribution in [3.63, 3.8) is 0 Å². The van der Waals surface area contributed by atoms with Crippen molar-refractivity contribution in [1.29, 1.82) is 5.26 Å². The van der Waals surface area contributed by atoms with Crippen LogP contribution in [0.25, 0.3) is 0 Å². The Morgan fingerprint density at radius 3 is 2.26 bits per heavy atom. The third-order valence-electron chi connectivity index (χ3n) is 3.25. The summed E-state index contributed by atoms with van der Waals surface area (Å²) in [6.45, 7) is -0.821. The minimum atomic E-state index is -4.42. The Hall–Kier alpha value is -2.99. The van der Waals surface area contributed by atoms with E-state index >= 15 is 0 Å². The number of benzene rings is 2. The maximum absolute atomic E-state index is 12.3. The molecule has 2 aromatic rings. The molecule has 1 amide bonds. The summed E-state index contributed by atoms with van der Waals surface area (Å²) in [5.41, 5.74) is -3.93. The first kappa shape index (κ1) is 20.3. The summed E-state index contributed by atoms with van der Waals surface area (Å²) in [5, 5.41) is 8.88. The maximum Gasteiger partial charge on any atom is 0.446 e. The van der Waals surface area contributed by atoms with Crippen LogP contribution in [0.15, 0.2) is 59.5 Å². The predicted octanol–water partition coefficient (Wildman–Crippen LogP) is 4.01. The van der Waals surface area contributed by atoms with Gasteiger partial charge in [-0.2, -0.15) is 18.4 Å². The number of halogens is 3. The molecule has 0 aliphatic carbocycles. The van der Waals surface area contributed by atoms with Crippen LogP contribution < -0.4 is 4.90 Å². The van der Waals surface area contributed by atoms with Crippen LogP contribution in [0.5, 0.6) is 0 Å². The van der Waals surface area contributed by atoms with E-state index in [0.29, 0.717) is 5.69 Å². The van der Waals surface area contributed by atoms with Crippen molar-refractivity contribution in [1.82, 2.24) is 0 Å². The average molecular weight is 394 g/mol. The molecule has 0 spiro atoms. The van der Waals surface area contributed by atoms with Crippen LogP contribution in [0.1, 0.15) is 10.4 Å². The van der Waals surface area contributed by atoms with Crippen molar-refractivity contribution in [2.75, 3.05) is 18.1 Å². The number of hydrogen-bond donors (Lipinski definition) is 0. The largest absolute Gasteiger partial charge is 0.452 e. The molecular weight excluding hydrogens is 381 g/mol. The van der Waals surface area contributed by atoms with Crippen LogP contribution in [-0.2, 0) is 9.53 Å². The van der Waals surface area contributed by atoms with E-state index in [0.717, 1.165) is 17.0 Å². The van der Waals surface area contributed by atoms with E-state index in [2.05, 4.69) is 0 Å². The molecule has 0 saturated carbocycles. The van der Waals surface area contributed by atoms with Gasteiger partial charge in [-0.1, -0.05) is 18.2 Å². The van der Waals surface area contributed by atoms with Gasteiger partial charge < -0.3 is 4.74 Å². The van der Waals surface area contributed by atoms with Crippen molar-refractivity contribution < 1.29 is 27.5 Å². The minimum absolute atomic E-state index is 0.0147. The molecule has 0 aliphatic heterocycles. The molecule has 0 N–H and O–H groups in total. The Balaban J connectivity index is 1.97. The monoisotopic (exact) mass is 394 g/mol. The van der Waals surface area contributed by atoms with Crippen LogP contribution in [0, 0.1) is 11.3 Å². The Kier molecular flexibility index (Phi) is 6.85. The highest BCUT2D eigenvalue weighted by atomic mass is 32.2. The van der Waals surface area contributed by atoms with Crippen molar-refractivity contribution in [2.45, 2.75) is 10.4 Å². The topological polar surface area (TPSA) is 70.4 Å².